The van der Waals surface area contributed by atoms with Crippen LogP contribution in [0, 0.1) is 0 Å². The molecule has 0 saturated carbocycles. The fourth-order valence-corrected chi connectivity index (χ4v) is 3.28. The van der Waals surface area contributed by atoms with Gasteiger partial charge >= 0.3 is 6.18 Å². The Balaban J connectivity index is 0.00000338. The maximum Gasteiger partial charge on any atom is 0.416 e. The van der Waals surface area contributed by atoms with Gasteiger partial charge in [-0.2, -0.15) is 13.2 Å². The second-order valence-electron chi connectivity index (χ2n) is 6.37. The Morgan fingerprint density at radius 2 is 1.92 bits per heavy atom. The van der Waals surface area contributed by atoms with E-state index >= 15 is 0 Å². The van der Waals surface area contributed by atoms with Crippen molar-refractivity contribution in [2.45, 2.75) is 37.9 Å². The Kier molecular flexibility index (Phi) is 9.47. The number of hydrogen-bond donors (Lipinski definition) is 1. The van der Waals surface area contributed by atoms with Crippen LogP contribution in [0.25, 0.3) is 0 Å². The number of ether oxygens (including phenoxy) is 1. The Hall–Kier alpha value is -1.24. The van der Waals surface area contributed by atoms with Gasteiger partial charge in [-0.1, -0.05) is 12.5 Å². The van der Waals surface area contributed by atoms with Crippen LogP contribution in [0.5, 0.6) is 5.75 Å². The van der Waals surface area contributed by atoms with Gasteiger partial charge in [0.15, 0.2) is 0 Å². The molecule has 1 N–H and O–H groups in total. The highest BCUT2D eigenvalue weighted by Crippen LogP contribution is 2.36. The summed E-state index contributed by atoms with van der Waals surface area (Å²) in [5, 5.41) is 3.30. The Morgan fingerprint density at radius 1 is 1.23 bits per heavy atom. The van der Waals surface area contributed by atoms with Crippen molar-refractivity contribution in [1.82, 2.24) is 10.2 Å². The van der Waals surface area contributed by atoms with E-state index in [0.29, 0.717) is 5.56 Å². The van der Waals surface area contributed by atoms with Gasteiger partial charge in [0.05, 0.1) is 12.7 Å². The predicted molar refractivity (Wildman–Crippen MR) is 101 cm³/mol. The lowest BCUT2D eigenvalue weighted by atomic mass is 9.96. The molecule has 2 rings (SSSR count). The zero-order valence-corrected chi connectivity index (χ0v) is 16.0. The maximum absolute atomic E-state index is 13.3. The summed E-state index contributed by atoms with van der Waals surface area (Å²) in [5.41, 5.74) is 0.0419. The number of unbranched alkanes of at least 4 members (excludes halogenated alkanes) is 2. The monoisotopic (exact) mass is 392 g/mol. The summed E-state index contributed by atoms with van der Waals surface area (Å²) in [6, 6.07) is 4.07. The van der Waals surface area contributed by atoms with Crippen molar-refractivity contribution >= 4 is 12.4 Å². The van der Waals surface area contributed by atoms with E-state index in [1.54, 1.807) is 6.07 Å². The van der Waals surface area contributed by atoms with Gasteiger partial charge in [0, 0.05) is 32.2 Å². The molecule has 1 aliphatic heterocycles. The molecule has 1 atom stereocenters. The highest BCUT2D eigenvalue weighted by atomic mass is 35.5. The Morgan fingerprint density at radius 3 is 2.50 bits per heavy atom. The van der Waals surface area contributed by atoms with Crippen molar-refractivity contribution in [2.24, 2.45) is 0 Å². The van der Waals surface area contributed by atoms with Crippen LogP contribution >= 0.6 is 12.4 Å². The second kappa shape index (κ2) is 10.8. The fraction of sp³-hybridized carbons (Fsp3) is 0.579. The lowest BCUT2D eigenvalue weighted by Crippen LogP contribution is -2.45. The molecule has 0 amide bonds. The molecule has 1 aromatic carbocycles. The third kappa shape index (κ3) is 6.49. The zero-order valence-electron chi connectivity index (χ0n) is 15.1. The molecular formula is C19H28ClF3N2O. The molecular weight excluding hydrogens is 365 g/mol. The van der Waals surface area contributed by atoms with Crippen molar-refractivity contribution < 1.29 is 17.9 Å². The summed E-state index contributed by atoms with van der Waals surface area (Å²) < 4.78 is 44.9. The van der Waals surface area contributed by atoms with E-state index in [1.807, 2.05) is 6.08 Å². The van der Waals surface area contributed by atoms with Crippen LogP contribution in [-0.4, -0.2) is 38.2 Å². The van der Waals surface area contributed by atoms with E-state index in [1.165, 1.54) is 13.2 Å². The molecule has 0 radical (unpaired) electrons. The first-order valence-electron chi connectivity index (χ1n) is 8.77. The molecule has 0 aromatic heterocycles. The molecule has 0 spiro atoms. The summed E-state index contributed by atoms with van der Waals surface area (Å²) in [7, 11) is 1.41. The maximum atomic E-state index is 13.3. The first-order valence-corrected chi connectivity index (χ1v) is 8.77. The number of piperazine rings is 1. The smallest absolute Gasteiger partial charge is 0.416 e. The number of halogens is 4. The van der Waals surface area contributed by atoms with E-state index in [-0.39, 0.29) is 24.2 Å². The van der Waals surface area contributed by atoms with Gasteiger partial charge in [-0.3, -0.25) is 4.90 Å². The van der Waals surface area contributed by atoms with Crippen LogP contribution in [0.2, 0.25) is 0 Å². The third-order valence-electron chi connectivity index (χ3n) is 4.60. The largest absolute Gasteiger partial charge is 0.497 e. The minimum atomic E-state index is -4.37. The Labute approximate surface area is 160 Å². The van der Waals surface area contributed by atoms with Crippen molar-refractivity contribution in [3.05, 3.63) is 42.0 Å². The van der Waals surface area contributed by atoms with E-state index in [2.05, 4.69) is 16.8 Å². The molecule has 0 unspecified atom stereocenters. The predicted octanol–water partition coefficient (Wildman–Crippen LogP) is 4.83. The highest BCUT2D eigenvalue weighted by molar-refractivity contribution is 5.85. The van der Waals surface area contributed by atoms with E-state index in [0.717, 1.165) is 57.9 Å². The number of alkyl halides is 3. The molecule has 3 nitrogen and oxygen atoms in total. The van der Waals surface area contributed by atoms with Gasteiger partial charge in [-0.05, 0) is 43.0 Å². The van der Waals surface area contributed by atoms with Crippen molar-refractivity contribution in [3.63, 3.8) is 0 Å². The van der Waals surface area contributed by atoms with Gasteiger partial charge in [0.25, 0.3) is 0 Å². The van der Waals surface area contributed by atoms with E-state index in [9.17, 15) is 13.2 Å². The zero-order chi connectivity index (χ0) is 18.3. The van der Waals surface area contributed by atoms with Gasteiger partial charge < -0.3 is 10.1 Å². The average molecular weight is 393 g/mol. The average Bonchev–Trinajstić information content (AvgIpc) is 2.61. The molecule has 0 aliphatic carbocycles. The standard InChI is InChI=1S/C19H27F3N2O.ClH/c1-3-4-5-6-7-18(24-10-8-23-9-11-24)15-12-16(19(20,21)22)14-17(13-15)25-2;/h3,12-14,18,23H,1,4-11H2,2H3;1H/t18-;/m0./s1. The fourth-order valence-electron chi connectivity index (χ4n) is 3.28. The first kappa shape index (κ1) is 22.8. The summed E-state index contributed by atoms with van der Waals surface area (Å²) in [6.45, 7) is 7.12. The first-order chi connectivity index (χ1) is 12.0. The number of methoxy groups -OCH3 is 1. The van der Waals surface area contributed by atoms with Crippen LogP contribution in [-0.2, 0) is 6.18 Å². The summed E-state index contributed by atoms with van der Waals surface area (Å²) in [4.78, 5) is 2.28. The lowest BCUT2D eigenvalue weighted by molar-refractivity contribution is -0.137. The summed E-state index contributed by atoms with van der Waals surface area (Å²) >= 11 is 0. The molecule has 26 heavy (non-hydrogen) atoms. The third-order valence-corrected chi connectivity index (χ3v) is 4.60. The van der Waals surface area contributed by atoms with Crippen LogP contribution < -0.4 is 10.1 Å². The molecule has 1 aliphatic rings. The SMILES string of the molecule is C=CCCCC[C@@H](c1cc(OC)cc(C(F)(F)F)c1)N1CCNCC1.Cl. The number of rotatable bonds is 8. The minimum absolute atomic E-state index is 0. The van der Waals surface area contributed by atoms with Crippen LogP contribution in [0.3, 0.4) is 0 Å². The van der Waals surface area contributed by atoms with Crippen LogP contribution in [0.1, 0.15) is 42.9 Å². The Bertz CT molecular complexity index is 560. The summed E-state index contributed by atoms with van der Waals surface area (Å²) in [5.74, 6) is 0.260. The van der Waals surface area contributed by atoms with Crippen LogP contribution in [0.15, 0.2) is 30.9 Å². The summed E-state index contributed by atoms with van der Waals surface area (Å²) in [6.07, 6.45) is 1.23. The lowest BCUT2D eigenvalue weighted by Gasteiger charge is -2.35. The molecule has 148 valence electrons. The highest BCUT2D eigenvalue weighted by Gasteiger charge is 2.33. The van der Waals surface area contributed by atoms with E-state index in [4.69, 9.17) is 4.74 Å². The molecule has 1 aromatic rings. The van der Waals surface area contributed by atoms with Crippen molar-refractivity contribution in [2.75, 3.05) is 33.3 Å². The molecule has 7 heteroatoms. The second-order valence-corrected chi connectivity index (χ2v) is 6.37. The van der Waals surface area contributed by atoms with Gasteiger partial charge in [-0.25, -0.2) is 0 Å². The van der Waals surface area contributed by atoms with Gasteiger partial charge in [-0.15, -0.1) is 19.0 Å². The molecule has 0 bridgehead atoms. The van der Waals surface area contributed by atoms with Crippen LogP contribution in [0.4, 0.5) is 13.2 Å². The quantitative estimate of drug-likeness (QED) is 0.506. The number of benzene rings is 1. The number of allylic oxidation sites excluding steroid dienone is 1. The normalized spacial score (nSPS) is 16.6. The minimum Gasteiger partial charge on any atom is -0.497 e. The van der Waals surface area contributed by atoms with Crippen molar-refractivity contribution in [3.8, 4) is 5.75 Å². The van der Waals surface area contributed by atoms with Gasteiger partial charge in [0.1, 0.15) is 5.75 Å². The van der Waals surface area contributed by atoms with Crippen molar-refractivity contribution in [1.29, 1.82) is 0 Å². The van der Waals surface area contributed by atoms with Gasteiger partial charge in [0.2, 0.25) is 0 Å². The number of nitrogens with one attached hydrogen (secondary N) is 1. The number of hydrogen-bond acceptors (Lipinski definition) is 3. The molecule has 1 heterocycles. The van der Waals surface area contributed by atoms with E-state index < -0.39 is 11.7 Å². The number of nitrogens with zero attached hydrogens (tertiary/aromatic N) is 1. The molecule has 1 saturated heterocycles. The molecule has 1 fully saturated rings. The topological polar surface area (TPSA) is 24.5 Å².